The molecule has 2 atom stereocenters. The molecule has 0 unspecified atom stereocenters. The van der Waals surface area contributed by atoms with Gasteiger partial charge in [-0.2, -0.15) is 0 Å². The van der Waals surface area contributed by atoms with Crippen LogP contribution in [0.1, 0.15) is 125 Å². The minimum atomic E-state index is -0.127. The number of hydrogen-bond acceptors (Lipinski definition) is 3. The van der Waals surface area contributed by atoms with E-state index < -0.39 is 0 Å². The third-order valence-electron chi connectivity index (χ3n) is 11.0. The van der Waals surface area contributed by atoms with E-state index in [-0.39, 0.29) is 12.0 Å². The van der Waals surface area contributed by atoms with Crippen molar-refractivity contribution in [1.82, 2.24) is 9.97 Å². The number of nitrogens with one attached hydrogen (secondary N) is 2. The van der Waals surface area contributed by atoms with Crippen molar-refractivity contribution in [3.05, 3.63) is 108 Å². The van der Waals surface area contributed by atoms with E-state index in [1.807, 2.05) is 13.0 Å². The molecule has 0 bridgehead atoms. The third-order valence-corrected chi connectivity index (χ3v) is 11.0. The van der Waals surface area contributed by atoms with Crippen molar-refractivity contribution in [2.45, 2.75) is 119 Å². The van der Waals surface area contributed by atoms with Crippen LogP contribution in [-0.4, -0.2) is 33.6 Å². The summed E-state index contributed by atoms with van der Waals surface area (Å²) in [5, 5.41) is 2.09. The number of benzene rings is 1. The number of nitrogens with zero attached hydrogens (tertiary/aromatic N) is 2. The fourth-order valence-corrected chi connectivity index (χ4v) is 8.09. The Balaban J connectivity index is 1.35. The maximum Gasteiger partial charge on any atom is 0.273 e. The van der Waals surface area contributed by atoms with Gasteiger partial charge in [0.1, 0.15) is 6.10 Å². The van der Waals surface area contributed by atoms with E-state index in [4.69, 9.17) is 9.73 Å². The highest BCUT2D eigenvalue weighted by molar-refractivity contribution is 6.30. The van der Waals surface area contributed by atoms with E-state index in [0.717, 1.165) is 94.6 Å². The quantitative estimate of drug-likeness (QED) is 0.242. The van der Waals surface area contributed by atoms with Crippen molar-refractivity contribution in [3.63, 3.8) is 0 Å². The van der Waals surface area contributed by atoms with Crippen LogP contribution < -0.4 is 10.7 Å². The number of carbonyl (C=O) groups is 1. The van der Waals surface area contributed by atoms with Crippen molar-refractivity contribution >= 4 is 35.7 Å². The molecular formula is C43H52N4O2. The number of aromatic amines is 2. The van der Waals surface area contributed by atoms with Crippen LogP contribution in [0.25, 0.3) is 18.2 Å². The average Bonchev–Trinajstić information content (AvgIpc) is 3.77. The van der Waals surface area contributed by atoms with E-state index in [1.54, 1.807) is 0 Å². The Morgan fingerprint density at radius 1 is 0.735 bits per heavy atom. The Morgan fingerprint density at radius 3 is 2.14 bits per heavy atom. The van der Waals surface area contributed by atoms with Gasteiger partial charge in [-0.3, -0.25) is 4.79 Å². The number of hydrogen-bond donors (Lipinski definition) is 2. The molecular weight excluding hydrogens is 604 g/mol. The SMILES string of the molecule is CCC1=C(C)C(=O)N=C1/C=c1/[nH]/c(=C/c2[nH]c(/C=C3\N=C(O[C@H]4CCCC[C@@H]4c4ccccc4)C(C)=C3CC)c(C)c2CC)c(CC)c1C. The first-order chi connectivity index (χ1) is 23.7. The summed E-state index contributed by atoms with van der Waals surface area (Å²) in [7, 11) is 0. The van der Waals surface area contributed by atoms with Gasteiger partial charge in [-0.25, -0.2) is 9.98 Å². The van der Waals surface area contributed by atoms with Gasteiger partial charge in [0.05, 0.1) is 11.4 Å². The summed E-state index contributed by atoms with van der Waals surface area (Å²) < 4.78 is 6.80. The lowest BCUT2D eigenvalue weighted by Crippen LogP contribution is -2.28. The lowest BCUT2D eigenvalue weighted by molar-refractivity contribution is -0.114. The molecule has 1 saturated carbocycles. The summed E-state index contributed by atoms with van der Waals surface area (Å²) in [5.74, 6) is 1.05. The minimum absolute atomic E-state index is 0.127. The van der Waals surface area contributed by atoms with Crippen LogP contribution in [0.2, 0.25) is 0 Å². The van der Waals surface area contributed by atoms with Gasteiger partial charge in [0.15, 0.2) is 0 Å². The highest BCUT2D eigenvalue weighted by Crippen LogP contribution is 2.38. The summed E-state index contributed by atoms with van der Waals surface area (Å²) >= 11 is 0. The predicted molar refractivity (Wildman–Crippen MR) is 203 cm³/mol. The average molecular weight is 657 g/mol. The van der Waals surface area contributed by atoms with Crippen LogP contribution in [0.3, 0.4) is 0 Å². The van der Waals surface area contributed by atoms with Gasteiger partial charge in [0.25, 0.3) is 5.91 Å². The van der Waals surface area contributed by atoms with Gasteiger partial charge < -0.3 is 14.7 Å². The van der Waals surface area contributed by atoms with E-state index in [1.165, 1.54) is 46.2 Å². The van der Waals surface area contributed by atoms with Crippen molar-refractivity contribution in [2.24, 2.45) is 9.98 Å². The fourth-order valence-electron chi connectivity index (χ4n) is 8.09. The van der Waals surface area contributed by atoms with Crippen LogP contribution >= 0.6 is 0 Å². The number of ether oxygens (including phenoxy) is 1. The van der Waals surface area contributed by atoms with Gasteiger partial charge in [-0.15, -0.1) is 0 Å². The standard InChI is InChI=1S/C43H52N4O2/c1-9-30-25(5)35(22-39-32(11-3)27(7)42(48)46-39)44-37(30)24-38-31(10-2)26(6)36(45-38)23-40-33(12-4)28(8)43(47-40)49-41-21-17-16-20-34(41)29-18-14-13-15-19-29/h13-15,18-19,22-24,34,41,44-45H,9-12,16-17,20-21H2,1-8H3/b35-22+,37-24+,40-23-/t34-,41+/m1/s1. The molecule has 1 aromatic carbocycles. The number of H-pyrrole nitrogens is 2. The number of amides is 1. The highest BCUT2D eigenvalue weighted by Gasteiger charge is 2.31. The first-order valence-electron chi connectivity index (χ1n) is 18.4. The van der Waals surface area contributed by atoms with E-state index in [0.29, 0.717) is 5.92 Å². The van der Waals surface area contributed by atoms with Crippen LogP contribution in [0.4, 0.5) is 0 Å². The van der Waals surface area contributed by atoms with Gasteiger partial charge in [-0.05, 0) is 130 Å². The van der Waals surface area contributed by atoms with E-state index >= 15 is 0 Å². The summed E-state index contributed by atoms with van der Waals surface area (Å²) in [6.45, 7) is 17.1. The predicted octanol–water partition coefficient (Wildman–Crippen LogP) is 8.62. The molecule has 0 spiro atoms. The molecule has 2 N–H and O–H groups in total. The van der Waals surface area contributed by atoms with E-state index in [9.17, 15) is 4.79 Å². The van der Waals surface area contributed by atoms with Crippen LogP contribution in [0, 0.1) is 13.8 Å². The molecule has 256 valence electrons. The van der Waals surface area contributed by atoms with Crippen molar-refractivity contribution in [2.75, 3.05) is 0 Å². The molecule has 6 heteroatoms. The Morgan fingerprint density at radius 2 is 1.45 bits per heavy atom. The monoisotopic (exact) mass is 656 g/mol. The summed E-state index contributed by atoms with van der Waals surface area (Å²) in [6, 6.07) is 10.8. The zero-order chi connectivity index (χ0) is 34.8. The largest absolute Gasteiger partial charge is 0.473 e. The van der Waals surface area contributed by atoms with Gasteiger partial charge in [-0.1, -0.05) is 64.4 Å². The van der Waals surface area contributed by atoms with Crippen molar-refractivity contribution in [3.8, 4) is 0 Å². The summed E-state index contributed by atoms with van der Waals surface area (Å²) in [5.41, 5.74) is 14.5. The molecule has 2 aliphatic heterocycles. The molecule has 49 heavy (non-hydrogen) atoms. The molecule has 3 aromatic rings. The molecule has 4 heterocycles. The first-order valence-corrected chi connectivity index (χ1v) is 18.4. The smallest absolute Gasteiger partial charge is 0.273 e. The summed E-state index contributed by atoms with van der Waals surface area (Å²) in [4.78, 5) is 29.3. The van der Waals surface area contributed by atoms with Crippen LogP contribution in [0.15, 0.2) is 68.3 Å². The number of allylic oxidation sites excluding steroid dienone is 2. The Kier molecular flexibility index (Phi) is 10.2. The second-order valence-corrected chi connectivity index (χ2v) is 13.7. The molecule has 1 aliphatic carbocycles. The van der Waals surface area contributed by atoms with Gasteiger partial charge in [0, 0.05) is 39.2 Å². The van der Waals surface area contributed by atoms with Crippen molar-refractivity contribution in [1.29, 1.82) is 0 Å². The number of aromatic nitrogens is 2. The van der Waals surface area contributed by atoms with Crippen molar-refractivity contribution < 1.29 is 9.53 Å². The molecule has 2 aromatic heterocycles. The lowest BCUT2D eigenvalue weighted by Gasteiger charge is -2.32. The molecule has 3 aliphatic rings. The van der Waals surface area contributed by atoms with Gasteiger partial charge in [0.2, 0.25) is 5.90 Å². The number of carbonyl (C=O) groups excluding carboxylic acids is 1. The summed E-state index contributed by atoms with van der Waals surface area (Å²) in [6.07, 6.45) is 14.8. The zero-order valence-electron chi connectivity index (χ0n) is 30.6. The Bertz CT molecular complexity index is 2040. The minimum Gasteiger partial charge on any atom is -0.473 e. The zero-order valence-corrected chi connectivity index (χ0v) is 30.6. The second-order valence-electron chi connectivity index (χ2n) is 13.7. The normalized spacial score (nSPS) is 21.5. The Hall–Kier alpha value is -4.45. The maximum absolute atomic E-state index is 12.4. The molecule has 6 nitrogen and oxygen atoms in total. The first kappa shape index (κ1) is 34.4. The maximum atomic E-state index is 12.4. The molecule has 1 amide bonds. The van der Waals surface area contributed by atoms with Crippen LogP contribution in [0.5, 0.6) is 0 Å². The molecule has 1 fully saturated rings. The third kappa shape index (κ3) is 6.62. The highest BCUT2D eigenvalue weighted by atomic mass is 16.5. The number of aliphatic imine (C=N–C) groups is 2. The second kappa shape index (κ2) is 14.6. The number of rotatable bonds is 9. The van der Waals surface area contributed by atoms with Crippen LogP contribution in [-0.2, 0) is 22.4 Å². The fraction of sp³-hybridized carbons (Fsp3) is 0.419. The van der Waals surface area contributed by atoms with Gasteiger partial charge >= 0.3 is 0 Å². The molecule has 0 saturated heterocycles. The molecule has 0 radical (unpaired) electrons. The topological polar surface area (TPSA) is 82.6 Å². The molecule has 6 rings (SSSR count). The lowest BCUT2D eigenvalue weighted by atomic mass is 9.81. The van der Waals surface area contributed by atoms with E-state index in [2.05, 4.69) is 106 Å². The Labute approximate surface area is 291 Å².